The fourth-order valence-electron chi connectivity index (χ4n) is 5.46. The largest absolute Gasteiger partial charge is 0.416 e. The Balaban J connectivity index is 1.42. The molecular formula is C27H29F3N5O+. The molecule has 5 rings (SSSR count). The Morgan fingerprint density at radius 3 is 2.25 bits per heavy atom. The minimum atomic E-state index is -4.41. The zero-order valence-corrected chi connectivity index (χ0v) is 20.2. The highest BCUT2D eigenvalue weighted by atomic mass is 19.4. The molecule has 188 valence electrons. The fraction of sp³-hybridized carbons (Fsp3) is 0.407. The number of hydrogen-bond acceptors (Lipinski definition) is 5. The molecule has 6 nitrogen and oxygen atoms in total. The number of rotatable bonds is 4. The summed E-state index contributed by atoms with van der Waals surface area (Å²) < 4.78 is 44.8. The van der Waals surface area contributed by atoms with Gasteiger partial charge in [-0.2, -0.15) is 18.4 Å². The summed E-state index contributed by atoms with van der Waals surface area (Å²) in [5, 5.41) is 14.7. The smallest absolute Gasteiger partial charge is 0.381 e. The molecule has 0 bridgehead atoms. The zero-order chi connectivity index (χ0) is 25.3. The van der Waals surface area contributed by atoms with Gasteiger partial charge in [0, 0.05) is 82.7 Å². The second kappa shape index (κ2) is 9.69. The summed E-state index contributed by atoms with van der Waals surface area (Å²) in [5.74, 6) is 0. The van der Waals surface area contributed by atoms with Crippen LogP contribution in [0.25, 0.3) is 0 Å². The quantitative estimate of drug-likeness (QED) is 0.531. The fourth-order valence-corrected chi connectivity index (χ4v) is 5.46. The first-order chi connectivity index (χ1) is 17.3. The molecule has 3 aliphatic rings. The van der Waals surface area contributed by atoms with Gasteiger partial charge in [-0.25, -0.2) is 0 Å². The van der Waals surface area contributed by atoms with Crippen molar-refractivity contribution in [2.24, 2.45) is 5.10 Å². The first-order valence-corrected chi connectivity index (χ1v) is 12.2. The van der Waals surface area contributed by atoms with E-state index in [2.05, 4.69) is 21.0 Å². The van der Waals surface area contributed by atoms with Gasteiger partial charge in [-0.15, -0.1) is 4.59 Å². The van der Waals surface area contributed by atoms with E-state index in [0.717, 1.165) is 75.8 Å². The van der Waals surface area contributed by atoms with Crippen LogP contribution in [0, 0.1) is 11.3 Å². The van der Waals surface area contributed by atoms with Crippen molar-refractivity contribution >= 4 is 23.3 Å². The maximum Gasteiger partial charge on any atom is 0.416 e. The second-order valence-corrected chi connectivity index (χ2v) is 9.43. The monoisotopic (exact) mass is 496 g/mol. The number of nitriles is 1. The van der Waals surface area contributed by atoms with Crippen LogP contribution in [0.1, 0.15) is 30.9 Å². The Labute approximate surface area is 209 Å². The van der Waals surface area contributed by atoms with Crippen molar-refractivity contribution in [3.63, 3.8) is 0 Å². The first kappa shape index (κ1) is 24.5. The lowest BCUT2D eigenvalue weighted by molar-refractivity contribution is -0.137. The van der Waals surface area contributed by atoms with Crippen LogP contribution in [0.5, 0.6) is 0 Å². The van der Waals surface area contributed by atoms with Crippen LogP contribution in [-0.2, 0) is 10.9 Å². The van der Waals surface area contributed by atoms with Gasteiger partial charge in [0.25, 0.3) is 0 Å². The lowest BCUT2D eigenvalue weighted by Gasteiger charge is -2.41. The third-order valence-electron chi connectivity index (χ3n) is 7.47. The summed E-state index contributed by atoms with van der Waals surface area (Å²) in [6.07, 6.45) is 1.22. The number of nitrogens with zero attached hydrogens (tertiary/aromatic N) is 5. The molecule has 2 aromatic rings. The van der Waals surface area contributed by atoms with Gasteiger partial charge in [-0.1, -0.05) is 5.10 Å². The van der Waals surface area contributed by atoms with Crippen molar-refractivity contribution in [3.8, 4) is 6.07 Å². The molecule has 2 aromatic carbocycles. The minimum Gasteiger partial charge on any atom is -0.381 e. The topological polar surface area (TPSA) is 51.9 Å². The summed E-state index contributed by atoms with van der Waals surface area (Å²) in [6.45, 7) is 7.08. The molecule has 2 saturated heterocycles. The highest BCUT2D eigenvalue weighted by molar-refractivity contribution is 5.82. The molecule has 0 aromatic heterocycles. The normalized spacial score (nSPS) is 23.5. The molecule has 9 heteroatoms. The van der Waals surface area contributed by atoms with Gasteiger partial charge in [-0.3, -0.25) is 4.90 Å². The lowest BCUT2D eigenvalue weighted by Crippen LogP contribution is -2.51. The zero-order valence-electron chi connectivity index (χ0n) is 20.2. The number of quaternary nitrogens is 1. The van der Waals surface area contributed by atoms with E-state index < -0.39 is 11.7 Å². The third-order valence-corrected chi connectivity index (χ3v) is 7.47. The van der Waals surface area contributed by atoms with Gasteiger partial charge < -0.3 is 9.64 Å². The summed E-state index contributed by atoms with van der Waals surface area (Å²) in [5.41, 5.74) is 2.82. The SMILES string of the molecule is CC1=CC=N[N+]1(c1ccc(C(F)(F)F)cc1)c1ccc(N2CCN(C3CCOCC3)CC2)c(C#N)c1. The maximum atomic E-state index is 13.1. The van der Waals surface area contributed by atoms with Crippen molar-refractivity contribution < 1.29 is 17.9 Å². The van der Waals surface area contributed by atoms with Gasteiger partial charge in [0.1, 0.15) is 11.8 Å². The Morgan fingerprint density at radius 2 is 1.67 bits per heavy atom. The van der Waals surface area contributed by atoms with Crippen LogP contribution in [0.15, 0.2) is 59.3 Å². The Bertz CT molecular complexity index is 1200. The molecule has 0 aliphatic carbocycles. The Hall–Kier alpha value is -3.19. The third kappa shape index (κ3) is 4.41. The number of piperazine rings is 1. The summed E-state index contributed by atoms with van der Waals surface area (Å²) in [7, 11) is 0. The van der Waals surface area contributed by atoms with E-state index in [1.54, 1.807) is 6.21 Å². The van der Waals surface area contributed by atoms with E-state index in [1.165, 1.54) is 12.1 Å². The molecule has 0 amide bonds. The van der Waals surface area contributed by atoms with Crippen LogP contribution in [0.2, 0.25) is 0 Å². The molecular weight excluding hydrogens is 467 g/mol. The molecule has 2 fully saturated rings. The van der Waals surface area contributed by atoms with E-state index in [9.17, 15) is 18.4 Å². The van der Waals surface area contributed by atoms with Gasteiger partial charge >= 0.3 is 6.18 Å². The molecule has 0 spiro atoms. The van der Waals surface area contributed by atoms with E-state index in [4.69, 9.17) is 4.74 Å². The highest BCUT2D eigenvalue weighted by Gasteiger charge is 2.41. The second-order valence-electron chi connectivity index (χ2n) is 9.43. The number of ether oxygens (including phenoxy) is 1. The van der Waals surface area contributed by atoms with Crippen molar-refractivity contribution in [2.75, 3.05) is 44.3 Å². The number of anilines is 1. The molecule has 3 aliphatic heterocycles. The van der Waals surface area contributed by atoms with E-state index in [0.29, 0.717) is 23.0 Å². The molecule has 0 N–H and O–H groups in total. The van der Waals surface area contributed by atoms with Crippen molar-refractivity contribution in [2.45, 2.75) is 32.0 Å². The first-order valence-electron chi connectivity index (χ1n) is 12.2. The molecule has 1 atom stereocenters. The molecule has 1 unspecified atom stereocenters. The van der Waals surface area contributed by atoms with Crippen molar-refractivity contribution in [1.82, 2.24) is 9.49 Å². The van der Waals surface area contributed by atoms with Crippen LogP contribution >= 0.6 is 0 Å². The van der Waals surface area contributed by atoms with E-state index in [-0.39, 0.29) is 4.59 Å². The molecule has 0 radical (unpaired) electrons. The van der Waals surface area contributed by atoms with Crippen LogP contribution in [0.4, 0.5) is 30.2 Å². The summed E-state index contributed by atoms with van der Waals surface area (Å²) >= 11 is 0. The van der Waals surface area contributed by atoms with E-state index in [1.807, 2.05) is 31.2 Å². The van der Waals surface area contributed by atoms with Gasteiger partial charge in [0.2, 0.25) is 0 Å². The van der Waals surface area contributed by atoms with Crippen molar-refractivity contribution in [1.29, 1.82) is 5.26 Å². The molecule has 0 saturated carbocycles. The van der Waals surface area contributed by atoms with Crippen LogP contribution < -0.4 is 9.49 Å². The average molecular weight is 497 g/mol. The van der Waals surface area contributed by atoms with Gasteiger partial charge in [0.05, 0.1) is 23.0 Å². The highest BCUT2D eigenvalue weighted by Crippen LogP contribution is 2.44. The number of halogens is 3. The van der Waals surface area contributed by atoms with E-state index >= 15 is 0 Å². The predicted molar refractivity (Wildman–Crippen MR) is 134 cm³/mol. The molecule has 36 heavy (non-hydrogen) atoms. The number of benzene rings is 2. The van der Waals surface area contributed by atoms with Crippen LogP contribution in [-0.4, -0.2) is 56.5 Å². The number of alkyl halides is 3. The Kier molecular flexibility index (Phi) is 6.60. The lowest BCUT2D eigenvalue weighted by atomic mass is 10.0. The molecule has 3 heterocycles. The summed E-state index contributed by atoms with van der Waals surface area (Å²) in [6, 6.07) is 13.7. The number of allylic oxidation sites excluding steroid dienone is 2. The standard InChI is InChI=1S/C27H29F3N5O/c1-20-8-11-32-35(20,24-4-2-22(3-5-24)27(28,29)30)25-6-7-26(21(18-25)19-31)34-14-12-33(13-15-34)23-9-16-36-17-10-23/h2-8,11,18,23H,9-10,12-17H2,1H3/q+1. The Morgan fingerprint density at radius 1 is 1.00 bits per heavy atom. The predicted octanol–water partition coefficient (Wildman–Crippen LogP) is 5.42. The number of hydrogen-bond donors (Lipinski definition) is 0. The van der Waals surface area contributed by atoms with Crippen molar-refractivity contribution in [3.05, 3.63) is 65.4 Å². The van der Waals surface area contributed by atoms with Gasteiger partial charge in [-0.05, 0) is 31.0 Å². The minimum absolute atomic E-state index is 0.0926. The van der Waals surface area contributed by atoms with Gasteiger partial charge in [0.15, 0.2) is 11.4 Å². The maximum absolute atomic E-state index is 13.1. The summed E-state index contributed by atoms with van der Waals surface area (Å²) in [4.78, 5) is 4.77. The van der Waals surface area contributed by atoms with Crippen LogP contribution in [0.3, 0.4) is 0 Å². The average Bonchev–Trinajstić information content (AvgIpc) is 3.30.